The molecule has 1 aromatic carbocycles. The minimum absolute atomic E-state index is 0.533. The fourth-order valence-electron chi connectivity index (χ4n) is 1.31. The van der Waals surface area contributed by atoms with Gasteiger partial charge in [0.15, 0.2) is 0 Å². The molecule has 1 unspecified atom stereocenters. The van der Waals surface area contributed by atoms with Gasteiger partial charge in [0.05, 0.1) is 0 Å². The summed E-state index contributed by atoms with van der Waals surface area (Å²) in [5.74, 6) is 6.57. The van der Waals surface area contributed by atoms with Crippen molar-refractivity contribution in [1.82, 2.24) is 0 Å². The highest BCUT2D eigenvalue weighted by Crippen LogP contribution is 2.28. The van der Waals surface area contributed by atoms with Crippen LogP contribution in [0.25, 0.3) is 0 Å². The Labute approximate surface area is 84.8 Å². The van der Waals surface area contributed by atoms with E-state index in [0.29, 0.717) is 5.92 Å². The van der Waals surface area contributed by atoms with Gasteiger partial charge in [-0.05, 0) is 25.3 Å². The molecule has 0 amide bonds. The largest absolute Gasteiger partial charge is 0.374 e. The highest BCUT2D eigenvalue weighted by molar-refractivity contribution is 5.31. The molecule has 1 atom stereocenters. The molecule has 0 bridgehead atoms. The van der Waals surface area contributed by atoms with Crippen LogP contribution in [0.15, 0.2) is 30.3 Å². The minimum Gasteiger partial charge on any atom is -0.374 e. The molecule has 2 rings (SSSR count). The van der Waals surface area contributed by atoms with E-state index in [1.165, 1.54) is 12.8 Å². The molecule has 72 valence electrons. The maximum Gasteiger partial charge on any atom is 0.148 e. The summed E-state index contributed by atoms with van der Waals surface area (Å²) in [6.45, 7) is 1.75. The van der Waals surface area contributed by atoms with E-state index in [9.17, 15) is 5.11 Å². The zero-order chi connectivity index (χ0) is 10.0. The Morgan fingerprint density at radius 3 is 2.50 bits per heavy atom. The summed E-state index contributed by atoms with van der Waals surface area (Å²) in [7, 11) is 0. The van der Waals surface area contributed by atoms with E-state index < -0.39 is 5.60 Å². The summed E-state index contributed by atoms with van der Waals surface area (Å²) < 4.78 is 0. The van der Waals surface area contributed by atoms with Crippen molar-refractivity contribution >= 4 is 0 Å². The molecule has 1 saturated carbocycles. The van der Waals surface area contributed by atoms with Gasteiger partial charge >= 0.3 is 0 Å². The Hall–Kier alpha value is -1.26. The van der Waals surface area contributed by atoms with Crippen molar-refractivity contribution in [2.45, 2.75) is 25.4 Å². The Morgan fingerprint density at radius 2 is 1.93 bits per heavy atom. The number of aliphatic hydroxyl groups is 1. The lowest BCUT2D eigenvalue weighted by Crippen LogP contribution is -2.18. The van der Waals surface area contributed by atoms with Gasteiger partial charge in [0.25, 0.3) is 0 Å². The Kier molecular flexibility index (Phi) is 2.31. The van der Waals surface area contributed by atoms with Gasteiger partial charge in [-0.1, -0.05) is 42.2 Å². The van der Waals surface area contributed by atoms with Crippen LogP contribution >= 0.6 is 0 Å². The van der Waals surface area contributed by atoms with Crippen LogP contribution < -0.4 is 0 Å². The second kappa shape index (κ2) is 3.48. The lowest BCUT2D eigenvalue weighted by Gasteiger charge is -2.16. The first-order valence-corrected chi connectivity index (χ1v) is 4.99. The average molecular weight is 186 g/mol. The first-order valence-electron chi connectivity index (χ1n) is 4.99. The summed E-state index contributed by atoms with van der Waals surface area (Å²) in [5, 5.41) is 10.1. The predicted molar refractivity (Wildman–Crippen MR) is 56.5 cm³/mol. The standard InChI is InChI=1S/C13H14O/c1-13(14,10-9-11-7-8-11)12-5-3-2-4-6-12/h2-6,11,14H,7-8H2,1H3. The second-order valence-electron chi connectivity index (χ2n) is 3.98. The van der Waals surface area contributed by atoms with E-state index >= 15 is 0 Å². The second-order valence-corrected chi connectivity index (χ2v) is 3.98. The van der Waals surface area contributed by atoms with E-state index in [-0.39, 0.29) is 0 Å². The van der Waals surface area contributed by atoms with Crippen molar-refractivity contribution in [2.24, 2.45) is 5.92 Å². The van der Waals surface area contributed by atoms with Crippen molar-refractivity contribution in [3.05, 3.63) is 35.9 Å². The molecule has 1 fully saturated rings. The Bertz CT molecular complexity index is 363. The van der Waals surface area contributed by atoms with Crippen LogP contribution in [-0.2, 0) is 5.60 Å². The van der Waals surface area contributed by atoms with Gasteiger partial charge in [-0.15, -0.1) is 0 Å². The molecule has 0 spiro atoms. The zero-order valence-corrected chi connectivity index (χ0v) is 8.33. The minimum atomic E-state index is -0.996. The van der Waals surface area contributed by atoms with Crippen molar-refractivity contribution < 1.29 is 5.11 Å². The normalized spacial score (nSPS) is 19.3. The van der Waals surface area contributed by atoms with E-state index in [1.54, 1.807) is 6.92 Å². The molecule has 0 saturated heterocycles. The van der Waals surface area contributed by atoms with Gasteiger partial charge in [0.1, 0.15) is 5.60 Å². The monoisotopic (exact) mass is 186 g/mol. The van der Waals surface area contributed by atoms with Gasteiger partial charge in [0, 0.05) is 5.92 Å². The summed E-state index contributed by atoms with van der Waals surface area (Å²) in [4.78, 5) is 0. The van der Waals surface area contributed by atoms with Crippen molar-refractivity contribution in [2.75, 3.05) is 0 Å². The molecule has 1 aliphatic rings. The summed E-state index contributed by atoms with van der Waals surface area (Å²) in [6.07, 6.45) is 2.38. The van der Waals surface area contributed by atoms with E-state index in [1.807, 2.05) is 30.3 Å². The quantitative estimate of drug-likeness (QED) is 0.667. The molecular weight excluding hydrogens is 172 g/mol. The third kappa shape index (κ3) is 2.16. The maximum atomic E-state index is 10.1. The lowest BCUT2D eigenvalue weighted by atomic mass is 9.97. The van der Waals surface area contributed by atoms with E-state index in [2.05, 4.69) is 11.8 Å². The van der Waals surface area contributed by atoms with Gasteiger partial charge in [-0.2, -0.15) is 0 Å². The van der Waals surface area contributed by atoms with Gasteiger partial charge in [-0.25, -0.2) is 0 Å². The van der Waals surface area contributed by atoms with E-state index in [4.69, 9.17) is 0 Å². The fourth-order valence-corrected chi connectivity index (χ4v) is 1.31. The Balaban J connectivity index is 2.19. The molecule has 0 aromatic heterocycles. The third-order valence-corrected chi connectivity index (χ3v) is 2.43. The van der Waals surface area contributed by atoms with E-state index in [0.717, 1.165) is 5.56 Å². The molecule has 0 heterocycles. The highest BCUT2D eigenvalue weighted by atomic mass is 16.3. The van der Waals surface area contributed by atoms with Crippen molar-refractivity contribution in [3.8, 4) is 11.8 Å². The number of hydrogen-bond donors (Lipinski definition) is 1. The molecular formula is C13H14O. The van der Waals surface area contributed by atoms with Crippen LogP contribution in [0.4, 0.5) is 0 Å². The molecule has 1 aliphatic carbocycles. The van der Waals surface area contributed by atoms with Crippen molar-refractivity contribution in [1.29, 1.82) is 0 Å². The van der Waals surface area contributed by atoms with Gasteiger partial charge < -0.3 is 5.11 Å². The lowest BCUT2D eigenvalue weighted by molar-refractivity contribution is 0.122. The molecule has 1 heteroatoms. The smallest absolute Gasteiger partial charge is 0.148 e. The zero-order valence-electron chi connectivity index (χ0n) is 8.33. The molecule has 1 N–H and O–H groups in total. The van der Waals surface area contributed by atoms with Gasteiger partial charge in [0.2, 0.25) is 0 Å². The number of rotatable bonds is 1. The van der Waals surface area contributed by atoms with Crippen LogP contribution in [-0.4, -0.2) is 5.11 Å². The molecule has 1 nitrogen and oxygen atoms in total. The summed E-state index contributed by atoms with van der Waals surface area (Å²) in [5.41, 5.74) is -0.128. The van der Waals surface area contributed by atoms with Crippen molar-refractivity contribution in [3.63, 3.8) is 0 Å². The number of hydrogen-bond acceptors (Lipinski definition) is 1. The highest BCUT2D eigenvalue weighted by Gasteiger charge is 2.22. The van der Waals surface area contributed by atoms with Crippen LogP contribution in [0.2, 0.25) is 0 Å². The molecule has 14 heavy (non-hydrogen) atoms. The summed E-state index contributed by atoms with van der Waals surface area (Å²) >= 11 is 0. The molecule has 0 aliphatic heterocycles. The number of benzene rings is 1. The third-order valence-electron chi connectivity index (χ3n) is 2.43. The molecule has 1 aromatic rings. The molecule has 0 radical (unpaired) electrons. The average Bonchev–Trinajstić information content (AvgIpc) is 3.00. The topological polar surface area (TPSA) is 20.2 Å². The fraction of sp³-hybridized carbons (Fsp3) is 0.385. The van der Waals surface area contributed by atoms with Crippen LogP contribution in [0.1, 0.15) is 25.3 Å². The first kappa shape index (κ1) is 9.30. The predicted octanol–water partition coefficient (Wildman–Crippen LogP) is 2.31. The van der Waals surface area contributed by atoms with Crippen LogP contribution in [0.3, 0.4) is 0 Å². The first-order chi connectivity index (χ1) is 6.68. The maximum absolute atomic E-state index is 10.1. The Morgan fingerprint density at radius 1 is 1.29 bits per heavy atom. The SMILES string of the molecule is CC(O)(C#CC1CC1)c1ccccc1. The van der Waals surface area contributed by atoms with Gasteiger partial charge in [-0.3, -0.25) is 0 Å². The summed E-state index contributed by atoms with van der Waals surface area (Å²) in [6, 6.07) is 9.59. The van der Waals surface area contributed by atoms with Crippen LogP contribution in [0.5, 0.6) is 0 Å². The van der Waals surface area contributed by atoms with Crippen LogP contribution in [0, 0.1) is 17.8 Å².